The topological polar surface area (TPSA) is 66.5 Å². The summed E-state index contributed by atoms with van der Waals surface area (Å²) in [4.78, 5) is 37.8. The minimum absolute atomic E-state index is 0.0565. The monoisotopic (exact) mass is 462 g/mol. The first-order valence-corrected chi connectivity index (χ1v) is 10.1. The lowest BCUT2D eigenvalue weighted by molar-refractivity contribution is -0.124. The highest BCUT2D eigenvalue weighted by Crippen LogP contribution is 2.32. The number of hydrogen-bond donors (Lipinski definition) is 1. The molecule has 0 radical (unpaired) electrons. The zero-order valence-corrected chi connectivity index (χ0v) is 17.1. The van der Waals surface area contributed by atoms with Gasteiger partial charge in [0.1, 0.15) is 5.82 Å². The van der Waals surface area contributed by atoms with Crippen LogP contribution in [0.3, 0.4) is 0 Å². The lowest BCUT2D eigenvalue weighted by atomic mass is 10.1. The zero-order chi connectivity index (χ0) is 20.1. The van der Waals surface area contributed by atoms with Crippen molar-refractivity contribution in [3.63, 3.8) is 0 Å². The summed E-state index contributed by atoms with van der Waals surface area (Å²) in [7, 11) is 0. The van der Waals surface area contributed by atoms with Gasteiger partial charge < -0.3 is 5.32 Å². The van der Waals surface area contributed by atoms with Crippen molar-refractivity contribution in [3.8, 4) is 0 Å². The van der Waals surface area contributed by atoms with Crippen LogP contribution in [0.4, 0.5) is 9.18 Å². The van der Waals surface area contributed by atoms with Gasteiger partial charge in [0.05, 0.1) is 11.3 Å². The quantitative estimate of drug-likeness (QED) is 0.659. The third kappa shape index (κ3) is 4.88. The van der Waals surface area contributed by atoms with Gasteiger partial charge in [-0.1, -0.05) is 52.3 Å². The molecule has 1 N–H and O–H groups in total. The maximum absolute atomic E-state index is 13.7. The number of thioether (sulfide) groups is 1. The Balaban J connectivity index is 1.56. The van der Waals surface area contributed by atoms with Gasteiger partial charge in [-0.15, -0.1) is 0 Å². The lowest BCUT2D eigenvalue weighted by Gasteiger charge is -2.13. The molecule has 2 aromatic carbocycles. The van der Waals surface area contributed by atoms with Crippen molar-refractivity contribution in [2.75, 3.05) is 13.1 Å². The summed E-state index contributed by atoms with van der Waals surface area (Å²) < 4.78 is 14.6. The zero-order valence-electron chi connectivity index (χ0n) is 14.7. The van der Waals surface area contributed by atoms with E-state index in [9.17, 15) is 18.8 Å². The SMILES string of the molecule is O=C(Cc1ccccc1Br)NCCN1C(=O)S/C(=C\c2ccccc2F)C1=O. The fourth-order valence-electron chi connectivity index (χ4n) is 2.61. The molecule has 1 aliphatic rings. The molecule has 2 aromatic rings. The maximum atomic E-state index is 13.7. The number of amides is 3. The van der Waals surface area contributed by atoms with Gasteiger partial charge in [-0.25, -0.2) is 4.39 Å². The largest absolute Gasteiger partial charge is 0.354 e. The second-order valence-electron chi connectivity index (χ2n) is 5.97. The Morgan fingerprint density at radius 2 is 1.86 bits per heavy atom. The van der Waals surface area contributed by atoms with Crippen molar-refractivity contribution >= 4 is 50.8 Å². The number of nitrogens with zero attached hydrogens (tertiary/aromatic N) is 1. The fraction of sp³-hybridized carbons (Fsp3) is 0.150. The van der Waals surface area contributed by atoms with Crippen LogP contribution < -0.4 is 5.32 Å². The predicted molar refractivity (Wildman–Crippen MR) is 110 cm³/mol. The molecule has 1 saturated heterocycles. The second-order valence-corrected chi connectivity index (χ2v) is 7.82. The Hall–Kier alpha value is -2.45. The van der Waals surface area contributed by atoms with Crippen molar-refractivity contribution < 1.29 is 18.8 Å². The molecule has 0 spiro atoms. The molecule has 8 heteroatoms. The number of carbonyl (C=O) groups excluding carboxylic acids is 3. The number of rotatable bonds is 6. The molecule has 3 rings (SSSR count). The summed E-state index contributed by atoms with van der Waals surface area (Å²) in [6, 6.07) is 13.4. The highest BCUT2D eigenvalue weighted by Gasteiger charge is 2.34. The number of imide groups is 1. The third-order valence-electron chi connectivity index (χ3n) is 4.03. The number of halogens is 2. The van der Waals surface area contributed by atoms with Crippen LogP contribution in [0.2, 0.25) is 0 Å². The predicted octanol–water partition coefficient (Wildman–Crippen LogP) is 3.98. The van der Waals surface area contributed by atoms with E-state index in [4.69, 9.17) is 0 Å². The van der Waals surface area contributed by atoms with Gasteiger partial charge in [0.15, 0.2) is 0 Å². The van der Waals surface area contributed by atoms with E-state index < -0.39 is 17.0 Å². The highest BCUT2D eigenvalue weighted by molar-refractivity contribution is 9.10. The minimum Gasteiger partial charge on any atom is -0.354 e. The standard InChI is InChI=1S/C20H16BrFN2O3S/c21-15-7-3-1-5-13(15)12-18(25)23-9-10-24-19(26)17(28-20(24)27)11-14-6-2-4-8-16(14)22/h1-8,11H,9-10,12H2,(H,23,25)/b17-11-. The maximum Gasteiger partial charge on any atom is 0.293 e. The average molecular weight is 463 g/mol. The van der Waals surface area contributed by atoms with Gasteiger partial charge in [0.2, 0.25) is 5.91 Å². The van der Waals surface area contributed by atoms with Gasteiger partial charge in [-0.05, 0) is 35.5 Å². The van der Waals surface area contributed by atoms with E-state index in [1.807, 2.05) is 24.3 Å². The molecule has 5 nitrogen and oxygen atoms in total. The first-order chi connectivity index (χ1) is 13.5. The van der Waals surface area contributed by atoms with Crippen molar-refractivity contribution in [1.29, 1.82) is 0 Å². The molecular weight excluding hydrogens is 447 g/mol. The van der Waals surface area contributed by atoms with Crippen LogP contribution in [0.15, 0.2) is 57.9 Å². The van der Waals surface area contributed by atoms with E-state index in [0.717, 1.165) is 26.7 Å². The van der Waals surface area contributed by atoms with E-state index in [0.29, 0.717) is 0 Å². The lowest BCUT2D eigenvalue weighted by Crippen LogP contribution is -2.37. The van der Waals surface area contributed by atoms with Crippen LogP contribution in [-0.4, -0.2) is 35.0 Å². The molecule has 144 valence electrons. The Bertz CT molecular complexity index is 964. The van der Waals surface area contributed by atoms with Crippen molar-refractivity contribution in [2.24, 2.45) is 0 Å². The van der Waals surface area contributed by atoms with Crippen LogP contribution in [0.1, 0.15) is 11.1 Å². The highest BCUT2D eigenvalue weighted by atomic mass is 79.9. The Morgan fingerprint density at radius 1 is 1.14 bits per heavy atom. The minimum atomic E-state index is -0.488. The summed E-state index contributed by atoms with van der Waals surface area (Å²) in [6.45, 7) is 0.204. The molecule has 28 heavy (non-hydrogen) atoms. The summed E-state index contributed by atoms with van der Waals surface area (Å²) in [5, 5.41) is 2.27. The third-order valence-corrected chi connectivity index (χ3v) is 5.71. The molecule has 0 unspecified atom stereocenters. The molecule has 0 aliphatic carbocycles. The molecule has 0 atom stereocenters. The number of nitrogens with one attached hydrogen (secondary N) is 1. The Kier molecular flexibility index (Phi) is 6.64. The first kappa shape index (κ1) is 20.3. The number of hydrogen-bond acceptors (Lipinski definition) is 4. The van der Waals surface area contributed by atoms with E-state index in [1.165, 1.54) is 18.2 Å². The van der Waals surface area contributed by atoms with Crippen molar-refractivity contribution in [1.82, 2.24) is 10.2 Å². The summed E-state index contributed by atoms with van der Waals surface area (Å²) >= 11 is 4.15. The second kappa shape index (κ2) is 9.16. The van der Waals surface area contributed by atoms with E-state index >= 15 is 0 Å². The Morgan fingerprint density at radius 3 is 2.61 bits per heavy atom. The molecule has 0 aromatic heterocycles. The molecular formula is C20H16BrFN2O3S. The van der Waals surface area contributed by atoms with Crippen LogP contribution in [0.5, 0.6) is 0 Å². The Labute approximate surface area is 174 Å². The van der Waals surface area contributed by atoms with E-state index in [-0.39, 0.29) is 35.9 Å². The smallest absolute Gasteiger partial charge is 0.293 e. The summed E-state index contributed by atoms with van der Waals surface area (Å²) in [5.74, 6) is -1.16. The first-order valence-electron chi connectivity index (χ1n) is 8.45. The molecule has 0 bridgehead atoms. The van der Waals surface area contributed by atoms with E-state index in [2.05, 4.69) is 21.2 Å². The van der Waals surface area contributed by atoms with Gasteiger partial charge >= 0.3 is 0 Å². The molecule has 1 heterocycles. The van der Waals surface area contributed by atoms with Gasteiger partial charge in [-0.2, -0.15) is 0 Å². The number of carbonyl (C=O) groups is 3. The average Bonchev–Trinajstić information content (AvgIpc) is 2.93. The van der Waals surface area contributed by atoms with Gasteiger partial charge in [0.25, 0.3) is 11.1 Å². The molecule has 1 fully saturated rings. The van der Waals surface area contributed by atoms with Crippen LogP contribution in [-0.2, 0) is 16.0 Å². The normalized spacial score (nSPS) is 15.4. The van der Waals surface area contributed by atoms with Crippen LogP contribution >= 0.6 is 27.7 Å². The van der Waals surface area contributed by atoms with Gasteiger partial charge in [-0.3, -0.25) is 19.3 Å². The molecule has 0 saturated carbocycles. The van der Waals surface area contributed by atoms with Crippen LogP contribution in [0, 0.1) is 5.82 Å². The summed E-state index contributed by atoms with van der Waals surface area (Å²) in [6.07, 6.45) is 1.56. The summed E-state index contributed by atoms with van der Waals surface area (Å²) in [5.41, 5.74) is 1.09. The molecule has 3 amide bonds. The molecule has 1 aliphatic heterocycles. The van der Waals surface area contributed by atoms with Crippen molar-refractivity contribution in [2.45, 2.75) is 6.42 Å². The van der Waals surface area contributed by atoms with Crippen molar-refractivity contribution in [3.05, 3.63) is 74.9 Å². The van der Waals surface area contributed by atoms with E-state index in [1.54, 1.807) is 12.1 Å². The van der Waals surface area contributed by atoms with Crippen LogP contribution in [0.25, 0.3) is 6.08 Å². The fourth-order valence-corrected chi connectivity index (χ4v) is 3.89. The van der Waals surface area contributed by atoms with Gasteiger partial charge in [0, 0.05) is 23.1 Å². The number of benzene rings is 2.